The van der Waals surface area contributed by atoms with Crippen LogP contribution in [0, 0.1) is 24.6 Å². The highest BCUT2D eigenvalue weighted by molar-refractivity contribution is 5.91. The number of amides is 2. The molecule has 2 aliphatic rings. The smallest absolute Gasteiger partial charge is 0.321 e. The maximum Gasteiger partial charge on any atom is 0.321 e. The third kappa shape index (κ3) is 4.74. The largest absolute Gasteiger partial charge is 0.378 e. The number of rotatable bonds is 5. The average molecular weight is 502 g/mol. The first kappa shape index (κ1) is 24.4. The molecule has 1 N–H and O–H groups in total. The zero-order valence-corrected chi connectivity index (χ0v) is 20.4. The van der Waals surface area contributed by atoms with E-state index >= 15 is 0 Å². The van der Waals surface area contributed by atoms with Crippen LogP contribution < -0.4 is 10.2 Å². The summed E-state index contributed by atoms with van der Waals surface area (Å²) in [6.45, 7) is 6.70. The molecule has 4 heterocycles. The van der Waals surface area contributed by atoms with Crippen molar-refractivity contribution in [3.05, 3.63) is 48.2 Å². The van der Waals surface area contributed by atoms with E-state index < -0.39 is 24.2 Å². The molecule has 2 atom stereocenters. The number of fused-ring (bicyclic) bond motifs is 1. The fourth-order valence-electron chi connectivity index (χ4n) is 5.08. The normalized spacial score (nSPS) is 19.3. The highest BCUT2D eigenvalue weighted by Crippen LogP contribution is 2.34. The summed E-state index contributed by atoms with van der Waals surface area (Å²) in [6.07, 6.45) is 3.63. The number of anilines is 2. The van der Waals surface area contributed by atoms with Gasteiger partial charge in [0, 0.05) is 56.3 Å². The average Bonchev–Trinajstić information content (AvgIpc) is 3.55. The summed E-state index contributed by atoms with van der Waals surface area (Å²) in [5, 5.41) is 2.67. The maximum atomic E-state index is 14.9. The molecule has 36 heavy (non-hydrogen) atoms. The summed E-state index contributed by atoms with van der Waals surface area (Å²) in [5.41, 5.74) is 4.22. The molecule has 2 fully saturated rings. The molecular weight excluding hydrogens is 471 g/mol. The number of aryl methyl sites for hydroxylation is 1. The van der Waals surface area contributed by atoms with Gasteiger partial charge in [0.25, 0.3) is 0 Å². The van der Waals surface area contributed by atoms with E-state index in [4.69, 9.17) is 4.74 Å². The van der Waals surface area contributed by atoms with Gasteiger partial charge in [0.2, 0.25) is 6.43 Å². The van der Waals surface area contributed by atoms with Crippen molar-refractivity contribution >= 4 is 23.1 Å². The lowest BCUT2D eigenvalue weighted by atomic mass is 9.94. The Kier molecular flexibility index (Phi) is 6.79. The summed E-state index contributed by atoms with van der Waals surface area (Å²) in [7, 11) is 0. The molecule has 5 rings (SSSR count). The number of nitrogens with one attached hydrogen (secondary N) is 1. The highest BCUT2D eigenvalue weighted by atomic mass is 19.3. The Morgan fingerprint density at radius 2 is 1.97 bits per heavy atom. The molecule has 7 nitrogen and oxygen atoms in total. The number of hydrogen-bond donors (Lipinski definition) is 1. The number of ether oxygens (including phenoxy) is 1. The lowest BCUT2D eigenvalue weighted by Crippen LogP contribution is -2.36. The summed E-state index contributed by atoms with van der Waals surface area (Å²) in [5.74, 6) is -1.60. The van der Waals surface area contributed by atoms with E-state index in [-0.39, 0.29) is 18.2 Å². The number of morpholine rings is 1. The number of carbonyl (C=O) groups excluding carboxylic acids is 1. The van der Waals surface area contributed by atoms with E-state index in [0.29, 0.717) is 26.2 Å². The minimum Gasteiger partial charge on any atom is -0.378 e. The van der Waals surface area contributed by atoms with Crippen molar-refractivity contribution in [3.8, 4) is 11.1 Å². The van der Waals surface area contributed by atoms with Crippen molar-refractivity contribution in [2.24, 2.45) is 11.8 Å². The number of imidazole rings is 1. The molecule has 2 amide bonds. The maximum absolute atomic E-state index is 14.9. The first-order chi connectivity index (χ1) is 17.3. The van der Waals surface area contributed by atoms with Crippen LogP contribution in [0.5, 0.6) is 0 Å². The second-order valence-electron chi connectivity index (χ2n) is 9.64. The van der Waals surface area contributed by atoms with Gasteiger partial charge < -0.3 is 24.3 Å². The zero-order chi connectivity index (χ0) is 25.4. The molecule has 3 aromatic rings. The van der Waals surface area contributed by atoms with E-state index in [1.807, 2.05) is 29.8 Å². The predicted octanol–water partition coefficient (Wildman–Crippen LogP) is 5.04. The molecule has 0 bridgehead atoms. The van der Waals surface area contributed by atoms with Crippen LogP contribution in [0.3, 0.4) is 0 Å². The van der Waals surface area contributed by atoms with Gasteiger partial charge in [-0.3, -0.25) is 0 Å². The molecule has 0 aliphatic carbocycles. The molecule has 2 unspecified atom stereocenters. The Balaban J connectivity index is 1.42. The van der Waals surface area contributed by atoms with Crippen LogP contribution >= 0.6 is 0 Å². The first-order valence-corrected chi connectivity index (χ1v) is 12.3. The second-order valence-corrected chi connectivity index (χ2v) is 9.64. The number of urea groups is 1. The SMILES string of the molecule is Cc1cc(F)c(NC(=O)N2CCC(C(C)C(F)F)C2)cc1-c1cc(N2CCOCC2)c2nccn2c1. The molecule has 192 valence electrons. The van der Waals surface area contributed by atoms with Crippen molar-refractivity contribution in [2.45, 2.75) is 26.7 Å². The number of hydrogen-bond acceptors (Lipinski definition) is 4. The molecule has 2 saturated heterocycles. The van der Waals surface area contributed by atoms with Crippen LogP contribution in [0.15, 0.2) is 36.8 Å². The van der Waals surface area contributed by atoms with Crippen molar-refractivity contribution in [2.75, 3.05) is 49.6 Å². The lowest BCUT2D eigenvalue weighted by Gasteiger charge is -2.29. The fraction of sp³-hybridized carbons (Fsp3) is 0.462. The molecule has 2 aliphatic heterocycles. The fourth-order valence-corrected chi connectivity index (χ4v) is 5.08. The number of alkyl halides is 2. The van der Waals surface area contributed by atoms with E-state index in [9.17, 15) is 18.0 Å². The Labute approximate surface area is 207 Å². The van der Waals surface area contributed by atoms with Crippen LogP contribution in [0.25, 0.3) is 16.8 Å². The van der Waals surface area contributed by atoms with Crippen molar-refractivity contribution in [1.29, 1.82) is 0 Å². The second kappa shape index (κ2) is 10.0. The number of benzene rings is 1. The third-order valence-corrected chi connectivity index (χ3v) is 7.34. The van der Waals surface area contributed by atoms with Gasteiger partial charge in [-0.2, -0.15) is 0 Å². The Morgan fingerprint density at radius 3 is 2.72 bits per heavy atom. The number of pyridine rings is 1. The van der Waals surface area contributed by atoms with Gasteiger partial charge in [-0.15, -0.1) is 0 Å². The van der Waals surface area contributed by atoms with Gasteiger partial charge in [-0.05, 0) is 48.6 Å². The van der Waals surface area contributed by atoms with Gasteiger partial charge in [-0.1, -0.05) is 6.92 Å². The number of halogens is 3. The minimum atomic E-state index is -2.43. The van der Waals surface area contributed by atoms with Crippen LogP contribution in [0.4, 0.5) is 29.3 Å². The number of likely N-dealkylation sites (tertiary alicyclic amines) is 1. The van der Waals surface area contributed by atoms with Crippen molar-refractivity contribution < 1.29 is 22.7 Å². The summed E-state index contributed by atoms with van der Waals surface area (Å²) < 4.78 is 48.5. The molecule has 10 heteroatoms. The summed E-state index contributed by atoms with van der Waals surface area (Å²) in [4.78, 5) is 21.1. The molecule has 0 saturated carbocycles. The topological polar surface area (TPSA) is 62.1 Å². The Morgan fingerprint density at radius 1 is 1.19 bits per heavy atom. The van der Waals surface area contributed by atoms with E-state index in [1.165, 1.54) is 17.9 Å². The summed E-state index contributed by atoms with van der Waals surface area (Å²) in [6, 6.07) is 4.60. The van der Waals surface area contributed by atoms with Gasteiger partial charge in [-0.25, -0.2) is 22.9 Å². The third-order valence-electron chi connectivity index (χ3n) is 7.34. The van der Waals surface area contributed by atoms with E-state index in [1.54, 1.807) is 12.3 Å². The van der Waals surface area contributed by atoms with Gasteiger partial charge in [0.1, 0.15) is 5.82 Å². The van der Waals surface area contributed by atoms with E-state index in [0.717, 1.165) is 41.1 Å². The van der Waals surface area contributed by atoms with Gasteiger partial charge in [0.15, 0.2) is 5.65 Å². The lowest BCUT2D eigenvalue weighted by molar-refractivity contribution is 0.0563. The molecule has 0 spiro atoms. The Bertz CT molecular complexity index is 1260. The number of nitrogens with zero attached hydrogens (tertiary/aromatic N) is 4. The Hall–Kier alpha value is -3.27. The molecule has 2 aromatic heterocycles. The highest BCUT2D eigenvalue weighted by Gasteiger charge is 2.34. The minimum absolute atomic E-state index is 0.0598. The first-order valence-electron chi connectivity index (χ1n) is 12.3. The predicted molar refractivity (Wildman–Crippen MR) is 132 cm³/mol. The van der Waals surface area contributed by atoms with Crippen molar-refractivity contribution in [1.82, 2.24) is 14.3 Å². The monoisotopic (exact) mass is 501 g/mol. The van der Waals surface area contributed by atoms with Crippen molar-refractivity contribution in [3.63, 3.8) is 0 Å². The zero-order valence-electron chi connectivity index (χ0n) is 20.4. The standard InChI is InChI=1S/C26H30F3N5O2/c1-16-11-21(27)22(31-26(35)34-5-3-18(14-34)17(2)24(28)29)13-20(16)19-12-23(32-7-9-36-10-8-32)25-30-4-6-33(25)15-19/h4,6,11-13,15,17-18,24H,3,5,7-10,14H2,1-2H3,(H,31,35). The van der Waals surface area contributed by atoms with Gasteiger partial charge >= 0.3 is 6.03 Å². The van der Waals surface area contributed by atoms with Crippen LogP contribution in [-0.2, 0) is 4.74 Å². The number of carbonyl (C=O) groups is 1. The van der Waals surface area contributed by atoms with Crippen LogP contribution in [0.1, 0.15) is 18.9 Å². The molecular formula is C26H30F3N5O2. The number of aromatic nitrogens is 2. The molecule has 0 radical (unpaired) electrons. The van der Waals surface area contributed by atoms with Gasteiger partial charge in [0.05, 0.1) is 24.6 Å². The quantitative estimate of drug-likeness (QED) is 0.532. The van der Waals surface area contributed by atoms with Crippen LogP contribution in [-0.4, -0.2) is 66.1 Å². The van der Waals surface area contributed by atoms with E-state index in [2.05, 4.69) is 15.2 Å². The summed E-state index contributed by atoms with van der Waals surface area (Å²) >= 11 is 0. The molecule has 1 aromatic carbocycles. The van der Waals surface area contributed by atoms with Crippen LogP contribution in [0.2, 0.25) is 0 Å².